The minimum atomic E-state index is 0.177. The van der Waals surface area contributed by atoms with Gasteiger partial charge in [-0.15, -0.1) is 0 Å². The lowest BCUT2D eigenvalue weighted by atomic mass is 10.1. The molecule has 0 aliphatic rings. The molecule has 0 radical (unpaired) electrons. The van der Waals surface area contributed by atoms with Crippen molar-refractivity contribution in [2.24, 2.45) is 0 Å². The maximum Gasteiger partial charge on any atom is 0.164 e. The van der Waals surface area contributed by atoms with E-state index in [0.717, 1.165) is 31.0 Å². The van der Waals surface area contributed by atoms with E-state index in [1.54, 1.807) is 13.3 Å². The smallest absolute Gasteiger partial charge is 0.164 e. The maximum atomic E-state index is 5.29. The van der Waals surface area contributed by atoms with Gasteiger partial charge in [0.05, 0.1) is 13.3 Å². The highest BCUT2D eigenvalue weighted by molar-refractivity contribution is 5.52. The Morgan fingerprint density at radius 1 is 1.44 bits per heavy atom. The molecule has 1 aromatic rings. The van der Waals surface area contributed by atoms with Crippen LogP contribution < -0.4 is 10.1 Å². The molecule has 1 N–H and O–H groups in total. The number of ether oxygens (including phenoxy) is 1. The quantitative estimate of drug-likeness (QED) is 0.790. The summed E-state index contributed by atoms with van der Waals surface area (Å²) in [5, 5.41) is 7.72. The number of nitrogens with zero attached hydrogens (tertiary/aromatic N) is 2. The van der Waals surface area contributed by atoms with Crippen molar-refractivity contribution in [1.82, 2.24) is 15.1 Å². The second-order valence-corrected chi connectivity index (χ2v) is 5.28. The average Bonchev–Trinajstić information content (AvgIpc) is 2.69. The van der Waals surface area contributed by atoms with Crippen LogP contribution in [0.5, 0.6) is 5.75 Å². The molecule has 4 heteroatoms. The first-order chi connectivity index (χ1) is 8.48. The number of aryl methyl sites for hydroxylation is 1. The molecule has 4 nitrogen and oxygen atoms in total. The van der Waals surface area contributed by atoms with Crippen LogP contribution in [-0.2, 0) is 6.54 Å². The topological polar surface area (TPSA) is 39.1 Å². The first-order valence-electron chi connectivity index (χ1n) is 6.49. The molecule has 1 rings (SSSR count). The summed E-state index contributed by atoms with van der Waals surface area (Å²) in [6.07, 6.45) is 7.00. The van der Waals surface area contributed by atoms with E-state index in [4.69, 9.17) is 4.74 Å². The zero-order chi connectivity index (χ0) is 13.6. The molecule has 0 saturated heterocycles. The second kappa shape index (κ2) is 6.59. The molecule has 0 spiro atoms. The fourth-order valence-corrected chi connectivity index (χ4v) is 1.68. The number of methoxy groups -OCH3 is 1. The summed E-state index contributed by atoms with van der Waals surface area (Å²) in [6, 6.07) is 0. The van der Waals surface area contributed by atoms with Crippen molar-refractivity contribution in [3.05, 3.63) is 18.0 Å². The van der Waals surface area contributed by atoms with Gasteiger partial charge in [0.25, 0.3) is 0 Å². The predicted molar refractivity (Wildman–Crippen MR) is 75.9 cm³/mol. The van der Waals surface area contributed by atoms with Crippen molar-refractivity contribution in [2.45, 2.75) is 46.2 Å². The molecule has 0 saturated carbocycles. The van der Waals surface area contributed by atoms with Gasteiger partial charge < -0.3 is 10.1 Å². The van der Waals surface area contributed by atoms with Gasteiger partial charge in [0.2, 0.25) is 0 Å². The molecule has 1 heterocycles. The maximum absolute atomic E-state index is 5.29. The summed E-state index contributed by atoms with van der Waals surface area (Å²) in [5.41, 5.74) is 1.22. The van der Waals surface area contributed by atoms with Crippen LogP contribution in [0.4, 0.5) is 0 Å². The fraction of sp³-hybridized carbons (Fsp3) is 0.643. The largest absolute Gasteiger partial charge is 0.493 e. The van der Waals surface area contributed by atoms with Crippen molar-refractivity contribution >= 4 is 6.08 Å². The molecule has 18 heavy (non-hydrogen) atoms. The van der Waals surface area contributed by atoms with Gasteiger partial charge in [-0.2, -0.15) is 5.10 Å². The Morgan fingerprint density at radius 3 is 2.72 bits per heavy atom. The van der Waals surface area contributed by atoms with Crippen molar-refractivity contribution in [2.75, 3.05) is 13.7 Å². The van der Waals surface area contributed by atoms with Crippen LogP contribution in [0, 0.1) is 0 Å². The Balaban J connectivity index is 2.53. The van der Waals surface area contributed by atoms with Crippen LogP contribution in [0.3, 0.4) is 0 Å². The van der Waals surface area contributed by atoms with E-state index in [9.17, 15) is 0 Å². The molecule has 0 aliphatic carbocycles. The number of hydrogen-bond donors (Lipinski definition) is 1. The fourth-order valence-electron chi connectivity index (χ4n) is 1.68. The van der Waals surface area contributed by atoms with Gasteiger partial charge in [-0.05, 0) is 46.7 Å². The van der Waals surface area contributed by atoms with Gasteiger partial charge in [-0.25, -0.2) is 0 Å². The molecule has 102 valence electrons. The van der Waals surface area contributed by atoms with Gasteiger partial charge in [-0.1, -0.05) is 6.08 Å². The average molecular weight is 251 g/mol. The monoisotopic (exact) mass is 251 g/mol. The van der Waals surface area contributed by atoms with E-state index in [-0.39, 0.29) is 5.54 Å². The summed E-state index contributed by atoms with van der Waals surface area (Å²) in [5.74, 6) is 0.830. The second-order valence-electron chi connectivity index (χ2n) is 5.28. The summed E-state index contributed by atoms with van der Waals surface area (Å²) >= 11 is 0. The van der Waals surface area contributed by atoms with E-state index < -0.39 is 0 Å². The molecule has 0 aromatic carbocycles. The highest BCUT2D eigenvalue weighted by Gasteiger charge is 2.08. The minimum Gasteiger partial charge on any atom is -0.493 e. The number of nitrogens with one attached hydrogen (secondary N) is 1. The third-order valence-electron chi connectivity index (χ3n) is 2.61. The molecule has 0 bridgehead atoms. The van der Waals surface area contributed by atoms with Crippen LogP contribution in [0.1, 0.15) is 39.8 Å². The van der Waals surface area contributed by atoms with Crippen LogP contribution in [-0.4, -0.2) is 29.0 Å². The van der Waals surface area contributed by atoms with E-state index in [0.29, 0.717) is 0 Å². The standard InChI is InChI=1S/C14H25N3O/c1-6-17-12(13(18-5)11-16-17)9-7-8-10-15-14(2,3)4/h7,9,11,15H,6,8,10H2,1-5H3/b9-7+. The van der Waals surface area contributed by atoms with Gasteiger partial charge in [0.15, 0.2) is 5.75 Å². The summed E-state index contributed by atoms with van der Waals surface area (Å²) in [7, 11) is 1.68. The lowest BCUT2D eigenvalue weighted by molar-refractivity contribution is 0.412. The lowest BCUT2D eigenvalue weighted by Crippen LogP contribution is -2.36. The first kappa shape index (κ1) is 14.8. The molecular formula is C14H25N3O. The van der Waals surface area contributed by atoms with E-state index >= 15 is 0 Å². The zero-order valence-electron chi connectivity index (χ0n) is 12.2. The molecule has 0 amide bonds. The van der Waals surface area contributed by atoms with E-state index in [1.165, 1.54) is 0 Å². The molecule has 1 aromatic heterocycles. The van der Waals surface area contributed by atoms with Crippen LogP contribution >= 0.6 is 0 Å². The molecule has 0 unspecified atom stereocenters. The number of hydrogen-bond acceptors (Lipinski definition) is 3. The van der Waals surface area contributed by atoms with Crippen LogP contribution in [0.15, 0.2) is 12.3 Å². The normalized spacial score (nSPS) is 12.3. The van der Waals surface area contributed by atoms with E-state index in [2.05, 4.69) is 50.3 Å². The Hall–Kier alpha value is -1.29. The van der Waals surface area contributed by atoms with Crippen LogP contribution in [0.2, 0.25) is 0 Å². The van der Waals surface area contributed by atoms with E-state index in [1.807, 2.05) is 4.68 Å². The Morgan fingerprint density at radius 2 is 2.17 bits per heavy atom. The lowest BCUT2D eigenvalue weighted by Gasteiger charge is -2.19. The molecule has 0 fully saturated rings. The molecular weight excluding hydrogens is 226 g/mol. The Bertz CT molecular complexity index is 367. The predicted octanol–water partition coefficient (Wildman–Crippen LogP) is 2.70. The molecule has 0 aliphatic heterocycles. The van der Waals surface area contributed by atoms with Gasteiger partial charge >= 0.3 is 0 Å². The third-order valence-corrected chi connectivity index (χ3v) is 2.61. The van der Waals surface area contributed by atoms with Crippen molar-refractivity contribution < 1.29 is 4.74 Å². The molecule has 0 atom stereocenters. The van der Waals surface area contributed by atoms with Gasteiger partial charge in [-0.3, -0.25) is 4.68 Å². The minimum absolute atomic E-state index is 0.177. The SMILES string of the molecule is CCn1ncc(OC)c1/C=C/CCNC(C)(C)C. The highest BCUT2D eigenvalue weighted by Crippen LogP contribution is 2.19. The van der Waals surface area contributed by atoms with Crippen molar-refractivity contribution in [1.29, 1.82) is 0 Å². The van der Waals surface area contributed by atoms with Crippen molar-refractivity contribution in [3.63, 3.8) is 0 Å². The Kier molecular flexibility index (Phi) is 5.41. The summed E-state index contributed by atoms with van der Waals surface area (Å²) in [4.78, 5) is 0. The summed E-state index contributed by atoms with van der Waals surface area (Å²) in [6.45, 7) is 10.4. The number of aromatic nitrogens is 2. The third kappa shape index (κ3) is 4.53. The zero-order valence-corrected chi connectivity index (χ0v) is 12.2. The van der Waals surface area contributed by atoms with Crippen LogP contribution in [0.25, 0.3) is 6.08 Å². The summed E-state index contributed by atoms with van der Waals surface area (Å²) < 4.78 is 7.23. The first-order valence-corrected chi connectivity index (χ1v) is 6.49. The van der Waals surface area contributed by atoms with Crippen molar-refractivity contribution in [3.8, 4) is 5.75 Å². The highest BCUT2D eigenvalue weighted by atomic mass is 16.5. The van der Waals surface area contributed by atoms with Gasteiger partial charge in [0, 0.05) is 12.1 Å². The Labute approximate surface area is 110 Å². The number of rotatable bonds is 6. The van der Waals surface area contributed by atoms with Gasteiger partial charge in [0.1, 0.15) is 5.69 Å².